The molecule has 0 atom stereocenters. The van der Waals surface area contributed by atoms with Gasteiger partial charge in [0.05, 0.1) is 11.4 Å². The predicted molar refractivity (Wildman–Crippen MR) is 97.5 cm³/mol. The average molecular weight is 397 g/mol. The highest BCUT2D eigenvalue weighted by molar-refractivity contribution is 7.89. The predicted octanol–water partition coefficient (Wildman–Crippen LogP) is 1.35. The largest absolute Gasteiger partial charge is 0.342 e. The van der Waals surface area contributed by atoms with Crippen molar-refractivity contribution < 1.29 is 18.0 Å². The third-order valence-corrected chi connectivity index (χ3v) is 5.35. The molecule has 2 rings (SSSR count). The first-order chi connectivity index (χ1) is 12.2. The Bertz CT molecular complexity index is 914. The quantitative estimate of drug-likeness (QED) is 0.766. The number of anilines is 1. The van der Waals surface area contributed by atoms with Crippen LogP contribution in [0.15, 0.2) is 47.5 Å². The number of carbonyl (C=O) groups is 2. The van der Waals surface area contributed by atoms with Gasteiger partial charge in [0, 0.05) is 31.0 Å². The van der Waals surface area contributed by atoms with E-state index in [1.165, 1.54) is 56.7 Å². The molecule has 138 valence electrons. The Labute approximate surface area is 156 Å². The zero-order valence-electron chi connectivity index (χ0n) is 14.1. The molecule has 26 heavy (non-hydrogen) atoms. The summed E-state index contributed by atoms with van der Waals surface area (Å²) in [5.74, 6) is -1.00. The minimum Gasteiger partial charge on any atom is -0.342 e. The lowest BCUT2D eigenvalue weighted by molar-refractivity contribution is -0.115. The fraction of sp³-hybridized carbons (Fsp3) is 0.188. The van der Waals surface area contributed by atoms with Crippen molar-refractivity contribution in [3.8, 4) is 0 Å². The molecule has 0 saturated heterocycles. The molecule has 2 amide bonds. The maximum absolute atomic E-state index is 12.0. The molecule has 8 nitrogen and oxygen atoms in total. The van der Waals surface area contributed by atoms with Gasteiger partial charge in [-0.25, -0.2) is 12.7 Å². The Morgan fingerprint density at radius 3 is 2.38 bits per heavy atom. The highest BCUT2D eigenvalue weighted by Gasteiger charge is 2.17. The topological polar surface area (TPSA) is 108 Å². The number of carbonyl (C=O) groups excluding carboxylic acids is 2. The molecule has 0 bridgehead atoms. The van der Waals surface area contributed by atoms with E-state index in [0.29, 0.717) is 10.7 Å². The summed E-state index contributed by atoms with van der Waals surface area (Å²) in [4.78, 5) is 27.8. The van der Waals surface area contributed by atoms with Crippen molar-refractivity contribution in [2.75, 3.05) is 26.0 Å². The zero-order valence-corrected chi connectivity index (χ0v) is 15.6. The molecule has 0 radical (unpaired) electrons. The van der Waals surface area contributed by atoms with E-state index in [1.807, 2.05) is 0 Å². The number of nitrogens with one attached hydrogen (secondary N) is 2. The number of hydrogen-bond donors (Lipinski definition) is 2. The van der Waals surface area contributed by atoms with Crippen LogP contribution >= 0.6 is 11.6 Å². The van der Waals surface area contributed by atoms with Crippen molar-refractivity contribution in [2.45, 2.75) is 4.90 Å². The number of pyridine rings is 1. The summed E-state index contributed by atoms with van der Waals surface area (Å²) in [6.45, 7) is -0.273. The van der Waals surface area contributed by atoms with Crippen LogP contribution in [0.3, 0.4) is 0 Å². The van der Waals surface area contributed by atoms with Crippen LogP contribution in [-0.4, -0.2) is 50.2 Å². The van der Waals surface area contributed by atoms with Gasteiger partial charge in [-0.3, -0.25) is 14.6 Å². The minimum absolute atomic E-state index is 0.101. The van der Waals surface area contributed by atoms with E-state index in [9.17, 15) is 18.0 Å². The molecule has 1 aromatic carbocycles. The number of aromatic nitrogens is 1. The number of halogens is 1. The highest BCUT2D eigenvalue weighted by atomic mass is 35.5. The van der Waals surface area contributed by atoms with Gasteiger partial charge in [0.25, 0.3) is 5.91 Å². The molecular formula is C16H17ClN4O4S. The van der Waals surface area contributed by atoms with Gasteiger partial charge in [-0.05, 0) is 36.4 Å². The lowest BCUT2D eigenvalue weighted by atomic mass is 10.3. The van der Waals surface area contributed by atoms with E-state index in [-0.39, 0.29) is 17.1 Å². The number of nitrogens with zero attached hydrogens (tertiary/aromatic N) is 2. The van der Waals surface area contributed by atoms with Crippen molar-refractivity contribution in [1.29, 1.82) is 0 Å². The number of sulfonamides is 1. The minimum atomic E-state index is -3.53. The normalized spacial score (nSPS) is 11.2. The maximum atomic E-state index is 12.0. The monoisotopic (exact) mass is 396 g/mol. The SMILES string of the molecule is CN(C)S(=O)(=O)c1ccc(NC(=O)CNC(=O)c2cc(Cl)ccn2)cc1. The molecule has 2 N–H and O–H groups in total. The number of hydrogen-bond acceptors (Lipinski definition) is 5. The first kappa shape index (κ1) is 19.8. The van der Waals surface area contributed by atoms with Crippen molar-refractivity contribution in [2.24, 2.45) is 0 Å². The van der Waals surface area contributed by atoms with Crippen LogP contribution in [-0.2, 0) is 14.8 Å². The molecule has 0 aliphatic rings. The van der Waals surface area contributed by atoms with Crippen LogP contribution in [0.5, 0.6) is 0 Å². The van der Waals surface area contributed by atoms with Gasteiger partial charge in [0.2, 0.25) is 15.9 Å². The highest BCUT2D eigenvalue weighted by Crippen LogP contribution is 2.16. The van der Waals surface area contributed by atoms with Crippen molar-refractivity contribution >= 4 is 39.1 Å². The third kappa shape index (κ3) is 5.01. The summed E-state index contributed by atoms with van der Waals surface area (Å²) >= 11 is 5.78. The van der Waals surface area contributed by atoms with Crippen molar-refractivity contribution in [1.82, 2.24) is 14.6 Å². The summed E-state index contributed by atoms with van der Waals surface area (Å²) in [5, 5.41) is 5.34. The van der Waals surface area contributed by atoms with Crippen molar-refractivity contribution in [3.05, 3.63) is 53.3 Å². The first-order valence-corrected chi connectivity index (χ1v) is 9.24. The smallest absolute Gasteiger partial charge is 0.270 e. The van der Waals surface area contributed by atoms with Crippen LogP contribution in [0.2, 0.25) is 5.02 Å². The number of benzene rings is 1. The summed E-state index contributed by atoms with van der Waals surface area (Å²) in [6, 6.07) is 8.63. The van der Waals surface area contributed by atoms with E-state index in [4.69, 9.17) is 11.6 Å². The van der Waals surface area contributed by atoms with Gasteiger partial charge in [0.15, 0.2) is 0 Å². The fourth-order valence-corrected chi connectivity index (χ4v) is 2.97. The van der Waals surface area contributed by atoms with E-state index >= 15 is 0 Å². The maximum Gasteiger partial charge on any atom is 0.270 e. The second kappa shape index (κ2) is 8.26. The lowest BCUT2D eigenvalue weighted by Crippen LogP contribution is -2.33. The van der Waals surface area contributed by atoms with Gasteiger partial charge < -0.3 is 10.6 Å². The van der Waals surface area contributed by atoms with E-state index in [2.05, 4.69) is 15.6 Å². The van der Waals surface area contributed by atoms with E-state index in [1.54, 1.807) is 0 Å². The van der Waals surface area contributed by atoms with Crippen LogP contribution in [0, 0.1) is 0 Å². The van der Waals surface area contributed by atoms with Gasteiger partial charge in [-0.1, -0.05) is 11.6 Å². The van der Waals surface area contributed by atoms with Gasteiger partial charge >= 0.3 is 0 Å². The molecule has 0 aliphatic heterocycles. The van der Waals surface area contributed by atoms with Crippen LogP contribution < -0.4 is 10.6 Å². The number of rotatable bonds is 6. The molecular weight excluding hydrogens is 380 g/mol. The Balaban J connectivity index is 1.93. The van der Waals surface area contributed by atoms with Crippen LogP contribution in [0.4, 0.5) is 5.69 Å². The second-order valence-electron chi connectivity index (χ2n) is 5.40. The summed E-state index contributed by atoms with van der Waals surface area (Å²) in [6.07, 6.45) is 1.39. The van der Waals surface area contributed by atoms with Crippen LogP contribution in [0.1, 0.15) is 10.5 Å². The van der Waals surface area contributed by atoms with Gasteiger partial charge in [0.1, 0.15) is 5.69 Å². The van der Waals surface area contributed by atoms with E-state index < -0.39 is 21.8 Å². The van der Waals surface area contributed by atoms with Crippen LogP contribution in [0.25, 0.3) is 0 Å². The Hall–Kier alpha value is -2.49. The Morgan fingerprint density at radius 2 is 1.81 bits per heavy atom. The summed E-state index contributed by atoms with van der Waals surface area (Å²) in [5.41, 5.74) is 0.506. The Kier molecular flexibility index (Phi) is 6.30. The summed E-state index contributed by atoms with van der Waals surface area (Å²) < 4.78 is 25.1. The number of amides is 2. The molecule has 1 aromatic heterocycles. The molecule has 2 aromatic rings. The Morgan fingerprint density at radius 1 is 1.15 bits per heavy atom. The summed E-state index contributed by atoms with van der Waals surface area (Å²) in [7, 11) is -0.666. The fourth-order valence-electron chi connectivity index (χ4n) is 1.91. The molecule has 1 heterocycles. The molecule has 0 fully saturated rings. The van der Waals surface area contributed by atoms with Crippen molar-refractivity contribution in [3.63, 3.8) is 0 Å². The molecule has 0 spiro atoms. The van der Waals surface area contributed by atoms with Gasteiger partial charge in [-0.2, -0.15) is 0 Å². The average Bonchev–Trinajstić information content (AvgIpc) is 2.60. The molecule has 0 saturated carbocycles. The zero-order chi connectivity index (χ0) is 19.3. The lowest BCUT2D eigenvalue weighted by Gasteiger charge is -2.12. The second-order valence-corrected chi connectivity index (χ2v) is 7.99. The third-order valence-electron chi connectivity index (χ3n) is 3.28. The molecule has 10 heteroatoms. The molecule has 0 unspecified atom stereocenters. The molecule has 0 aliphatic carbocycles. The standard InChI is InChI=1S/C16H17ClN4O4S/c1-21(2)26(24,25)13-5-3-12(4-6-13)20-15(22)10-19-16(23)14-9-11(17)7-8-18-14/h3-9H,10H2,1-2H3,(H,19,23)(H,20,22). The van der Waals surface area contributed by atoms with E-state index in [0.717, 1.165) is 4.31 Å². The first-order valence-electron chi connectivity index (χ1n) is 7.42. The van der Waals surface area contributed by atoms with Gasteiger partial charge in [-0.15, -0.1) is 0 Å².